The molecule has 0 fully saturated rings. The van der Waals surface area contributed by atoms with Crippen molar-refractivity contribution in [2.75, 3.05) is 0 Å². The summed E-state index contributed by atoms with van der Waals surface area (Å²) in [4.78, 5) is 0. The van der Waals surface area contributed by atoms with E-state index < -0.39 is 0 Å². The third-order valence-electron chi connectivity index (χ3n) is 2.13. The van der Waals surface area contributed by atoms with Crippen LogP contribution < -0.4 is 5.73 Å². The Bertz CT molecular complexity index is 283. The Morgan fingerprint density at radius 3 is 2.82 bits per heavy atom. The first-order valence-corrected chi connectivity index (χ1v) is 4.16. The van der Waals surface area contributed by atoms with E-state index in [0.717, 1.165) is 17.9 Å². The second-order valence-corrected chi connectivity index (χ2v) is 3.52. The summed E-state index contributed by atoms with van der Waals surface area (Å²) >= 11 is 5.83. The van der Waals surface area contributed by atoms with E-state index in [-0.39, 0.29) is 0 Å². The van der Waals surface area contributed by atoms with Crippen LogP contribution in [0, 0.1) is 0 Å². The van der Waals surface area contributed by atoms with Crippen LogP contribution in [0.4, 0.5) is 0 Å². The van der Waals surface area contributed by atoms with E-state index >= 15 is 0 Å². The van der Waals surface area contributed by atoms with Crippen LogP contribution in [0.1, 0.15) is 11.1 Å². The molecule has 0 amide bonds. The molecule has 1 aliphatic carbocycles. The molecule has 0 radical (unpaired) electrons. The zero-order valence-electron chi connectivity index (χ0n) is 6.18. The highest BCUT2D eigenvalue weighted by molar-refractivity contribution is 6.30. The third kappa shape index (κ3) is 1.26. The molecule has 2 heteroatoms. The van der Waals surface area contributed by atoms with Crippen LogP contribution in [0.15, 0.2) is 18.2 Å². The molecular formula is C9H10ClN. The smallest absolute Gasteiger partial charge is 0.0408 e. The summed E-state index contributed by atoms with van der Waals surface area (Å²) < 4.78 is 0. The van der Waals surface area contributed by atoms with Gasteiger partial charge in [-0.25, -0.2) is 0 Å². The highest BCUT2D eigenvalue weighted by Crippen LogP contribution is 2.24. The van der Waals surface area contributed by atoms with Crippen LogP contribution in [0.3, 0.4) is 0 Å². The van der Waals surface area contributed by atoms with Gasteiger partial charge in [-0.1, -0.05) is 17.7 Å². The van der Waals surface area contributed by atoms with Gasteiger partial charge in [-0.2, -0.15) is 0 Å². The third-order valence-corrected chi connectivity index (χ3v) is 2.37. The molecule has 11 heavy (non-hydrogen) atoms. The molecule has 0 aromatic heterocycles. The quantitative estimate of drug-likeness (QED) is 0.626. The largest absolute Gasteiger partial charge is 0.327 e. The topological polar surface area (TPSA) is 26.0 Å². The lowest BCUT2D eigenvalue weighted by molar-refractivity contribution is 0.721. The van der Waals surface area contributed by atoms with E-state index in [2.05, 4.69) is 6.07 Å². The van der Waals surface area contributed by atoms with E-state index in [1.165, 1.54) is 11.1 Å². The molecule has 1 atom stereocenters. The van der Waals surface area contributed by atoms with Crippen molar-refractivity contribution in [2.45, 2.75) is 18.9 Å². The molecule has 58 valence electrons. The van der Waals surface area contributed by atoms with Crippen LogP contribution in [-0.2, 0) is 12.8 Å². The number of nitrogens with two attached hydrogens (primary N) is 1. The van der Waals surface area contributed by atoms with Gasteiger partial charge in [0, 0.05) is 11.1 Å². The minimum atomic E-state index is 0.309. The number of benzene rings is 1. The molecule has 0 heterocycles. The highest BCUT2D eigenvalue weighted by atomic mass is 35.5. The normalized spacial score (nSPS) is 21.8. The Kier molecular flexibility index (Phi) is 1.63. The van der Waals surface area contributed by atoms with Crippen LogP contribution in [0.5, 0.6) is 0 Å². The van der Waals surface area contributed by atoms with Crippen LogP contribution >= 0.6 is 11.6 Å². The Balaban J connectivity index is 2.43. The predicted molar refractivity (Wildman–Crippen MR) is 46.8 cm³/mol. The summed E-state index contributed by atoms with van der Waals surface area (Å²) in [6.07, 6.45) is 1.99. The second kappa shape index (κ2) is 2.50. The highest BCUT2D eigenvalue weighted by Gasteiger charge is 2.17. The summed E-state index contributed by atoms with van der Waals surface area (Å²) in [5.41, 5.74) is 8.48. The minimum Gasteiger partial charge on any atom is -0.327 e. The summed E-state index contributed by atoms with van der Waals surface area (Å²) in [7, 11) is 0. The lowest BCUT2D eigenvalue weighted by Crippen LogP contribution is -2.18. The van der Waals surface area contributed by atoms with Gasteiger partial charge >= 0.3 is 0 Å². The molecule has 0 bridgehead atoms. The van der Waals surface area contributed by atoms with Gasteiger partial charge in [-0.15, -0.1) is 0 Å². The number of fused-ring (bicyclic) bond motifs is 1. The molecule has 1 aromatic rings. The Hall–Kier alpha value is -0.530. The summed E-state index contributed by atoms with van der Waals surface area (Å²) in [6, 6.07) is 6.33. The fraction of sp³-hybridized carbons (Fsp3) is 0.333. The van der Waals surface area contributed by atoms with Crippen molar-refractivity contribution < 1.29 is 0 Å². The molecular weight excluding hydrogens is 158 g/mol. The zero-order valence-corrected chi connectivity index (χ0v) is 6.93. The van der Waals surface area contributed by atoms with E-state index in [9.17, 15) is 0 Å². The average Bonchev–Trinajstić information content (AvgIpc) is 2.27. The van der Waals surface area contributed by atoms with Crippen molar-refractivity contribution in [3.8, 4) is 0 Å². The maximum atomic E-state index is 5.83. The SMILES string of the molecule is NC1Cc2ccc(Cl)cc2C1. The van der Waals surface area contributed by atoms with Gasteiger partial charge in [0.05, 0.1) is 0 Å². The standard InChI is InChI=1S/C9H10ClN/c10-8-2-1-6-4-9(11)5-7(6)3-8/h1-3,9H,4-5,11H2. The lowest BCUT2D eigenvalue weighted by atomic mass is 10.1. The average molecular weight is 168 g/mol. The zero-order chi connectivity index (χ0) is 7.84. The lowest BCUT2D eigenvalue weighted by Gasteiger charge is -1.96. The number of hydrogen-bond acceptors (Lipinski definition) is 1. The van der Waals surface area contributed by atoms with Crippen molar-refractivity contribution >= 4 is 11.6 Å². The maximum Gasteiger partial charge on any atom is 0.0408 e. The minimum absolute atomic E-state index is 0.309. The summed E-state index contributed by atoms with van der Waals surface area (Å²) in [5.74, 6) is 0. The fourth-order valence-electron chi connectivity index (χ4n) is 1.62. The van der Waals surface area contributed by atoms with Gasteiger partial charge < -0.3 is 5.73 Å². The molecule has 2 N–H and O–H groups in total. The van der Waals surface area contributed by atoms with Gasteiger partial charge in [-0.05, 0) is 36.1 Å². The first-order valence-electron chi connectivity index (χ1n) is 3.78. The monoisotopic (exact) mass is 167 g/mol. The number of rotatable bonds is 0. The predicted octanol–water partition coefficient (Wildman–Crippen LogP) is 1.77. The van der Waals surface area contributed by atoms with Gasteiger partial charge in [0.15, 0.2) is 0 Å². The van der Waals surface area contributed by atoms with E-state index in [1.807, 2.05) is 12.1 Å². The molecule has 0 spiro atoms. The van der Waals surface area contributed by atoms with Gasteiger partial charge in [0.25, 0.3) is 0 Å². The number of hydrogen-bond donors (Lipinski definition) is 1. The van der Waals surface area contributed by atoms with Crippen molar-refractivity contribution in [3.63, 3.8) is 0 Å². The molecule has 1 aromatic carbocycles. The van der Waals surface area contributed by atoms with Crippen molar-refractivity contribution in [1.29, 1.82) is 0 Å². The maximum absolute atomic E-state index is 5.83. The Labute approximate surface area is 71.2 Å². The van der Waals surface area contributed by atoms with Gasteiger partial charge in [0.2, 0.25) is 0 Å². The van der Waals surface area contributed by atoms with E-state index in [0.29, 0.717) is 6.04 Å². The van der Waals surface area contributed by atoms with Gasteiger partial charge in [0.1, 0.15) is 0 Å². The van der Waals surface area contributed by atoms with Gasteiger partial charge in [-0.3, -0.25) is 0 Å². The van der Waals surface area contributed by atoms with Crippen molar-refractivity contribution in [2.24, 2.45) is 5.73 Å². The van der Waals surface area contributed by atoms with Crippen molar-refractivity contribution in [1.82, 2.24) is 0 Å². The summed E-state index contributed by atoms with van der Waals surface area (Å²) in [6.45, 7) is 0. The van der Waals surface area contributed by atoms with Crippen LogP contribution in [0.2, 0.25) is 5.02 Å². The molecule has 1 unspecified atom stereocenters. The molecule has 2 rings (SSSR count). The second-order valence-electron chi connectivity index (χ2n) is 3.08. The Morgan fingerprint density at radius 2 is 2.00 bits per heavy atom. The van der Waals surface area contributed by atoms with E-state index in [4.69, 9.17) is 17.3 Å². The molecule has 1 aliphatic rings. The van der Waals surface area contributed by atoms with Crippen LogP contribution in [-0.4, -0.2) is 6.04 Å². The fourth-order valence-corrected chi connectivity index (χ4v) is 1.82. The van der Waals surface area contributed by atoms with Crippen LogP contribution in [0.25, 0.3) is 0 Å². The molecule has 0 aliphatic heterocycles. The number of halogens is 1. The summed E-state index contributed by atoms with van der Waals surface area (Å²) in [5, 5.41) is 0.817. The first-order chi connectivity index (χ1) is 5.25. The first kappa shape index (κ1) is 7.14. The van der Waals surface area contributed by atoms with Crippen molar-refractivity contribution in [3.05, 3.63) is 34.3 Å². The van der Waals surface area contributed by atoms with E-state index in [1.54, 1.807) is 0 Å². The molecule has 1 nitrogen and oxygen atoms in total. The molecule has 0 saturated carbocycles. The Morgan fingerprint density at radius 1 is 1.27 bits per heavy atom. The molecule has 0 saturated heterocycles.